The van der Waals surface area contributed by atoms with Gasteiger partial charge < -0.3 is 5.73 Å². The van der Waals surface area contributed by atoms with Gasteiger partial charge in [0.1, 0.15) is 4.90 Å². The highest BCUT2D eigenvalue weighted by molar-refractivity contribution is 7.89. The van der Waals surface area contributed by atoms with Crippen molar-refractivity contribution >= 4 is 32.7 Å². The van der Waals surface area contributed by atoms with E-state index in [9.17, 15) is 18.5 Å². The van der Waals surface area contributed by atoms with Crippen LogP contribution in [0.3, 0.4) is 0 Å². The Labute approximate surface area is 125 Å². The number of benzene rings is 1. The number of nitrogens with two attached hydrogens (primary N) is 1. The monoisotopic (exact) mass is 327 g/mol. The first-order valence-corrected chi connectivity index (χ1v) is 8.24. The van der Waals surface area contributed by atoms with E-state index in [0.29, 0.717) is 0 Å². The topological polar surface area (TPSA) is 115 Å². The summed E-state index contributed by atoms with van der Waals surface area (Å²) in [6.07, 6.45) is 0. The van der Waals surface area contributed by atoms with E-state index in [1.165, 1.54) is 17.4 Å². The normalized spacial score (nSPS) is 11.5. The van der Waals surface area contributed by atoms with E-state index in [4.69, 9.17) is 5.73 Å². The van der Waals surface area contributed by atoms with Crippen molar-refractivity contribution in [2.75, 3.05) is 5.73 Å². The summed E-state index contributed by atoms with van der Waals surface area (Å²) in [6, 6.07) is 5.22. The number of nitro benzene ring substituents is 1. The van der Waals surface area contributed by atoms with Crippen molar-refractivity contribution in [2.45, 2.75) is 18.4 Å². The second-order valence-corrected chi connectivity index (χ2v) is 7.07. The molecule has 0 aliphatic heterocycles. The van der Waals surface area contributed by atoms with Gasteiger partial charge in [-0.3, -0.25) is 10.1 Å². The van der Waals surface area contributed by atoms with E-state index < -0.39 is 14.9 Å². The number of nitrogens with one attached hydrogen (secondary N) is 1. The fourth-order valence-electron chi connectivity index (χ4n) is 1.69. The van der Waals surface area contributed by atoms with Crippen LogP contribution in [-0.2, 0) is 16.6 Å². The Balaban J connectivity index is 2.29. The third-order valence-corrected chi connectivity index (χ3v) is 5.37. The van der Waals surface area contributed by atoms with Gasteiger partial charge in [0.25, 0.3) is 5.69 Å². The largest absolute Gasteiger partial charge is 0.398 e. The number of hydrogen-bond donors (Lipinski definition) is 2. The first-order chi connectivity index (χ1) is 9.81. The average molecular weight is 327 g/mol. The number of non-ortho nitro benzene ring substituents is 1. The predicted octanol–water partition coefficient (Wildman–Crippen LogP) is 2.03. The van der Waals surface area contributed by atoms with Gasteiger partial charge in [-0.1, -0.05) is 0 Å². The van der Waals surface area contributed by atoms with Crippen molar-refractivity contribution in [2.24, 2.45) is 0 Å². The van der Waals surface area contributed by atoms with Gasteiger partial charge in [-0.15, -0.1) is 11.3 Å². The summed E-state index contributed by atoms with van der Waals surface area (Å²) < 4.78 is 26.9. The summed E-state index contributed by atoms with van der Waals surface area (Å²) in [6.45, 7) is 2.00. The zero-order chi connectivity index (χ0) is 15.6. The molecule has 0 fully saturated rings. The van der Waals surface area contributed by atoms with E-state index in [2.05, 4.69) is 4.72 Å². The van der Waals surface area contributed by atoms with Gasteiger partial charge in [0.2, 0.25) is 10.0 Å². The SMILES string of the molecule is Cc1ccsc1CNS(=O)(=O)c1cc([N+](=O)[O-])ccc1N. The molecule has 0 saturated carbocycles. The lowest BCUT2D eigenvalue weighted by atomic mass is 10.3. The molecule has 1 aromatic heterocycles. The molecule has 9 heteroatoms. The Morgan fingerprint density at radius 3 is 2.67 bits per heavy atom. The molecule has 1 aromatic carbocycles. The highest BCUT2D eigenvalue weighted by Crippen LogP contribution is 2.24. The number of nitrogens with zero attached hydrogens (tertiary/aromatic N) is 1. The molecule has 0 atom stereocenters. The summed E-state index contributed by atoms with van der Waals surface area (Å²) >= 11 is 1.43. The summed E-state index contributed by atoms with van der Waals surface area (Å²) in [5.74, 6) is 0. The smallest absolute Gasteiger partial charge is 0.270 e. The van der Waals surface area contributed by atoms with E-state index in [-0.39, 0.29) is 22.8 Å². The van der Waals surface area contributed by atoms with Gasteiger partial charge in [-0.2, -0.15) is 0 Å². The van der Waals surface area contributed by atoms with Crippen LogP contribution in [0, 0.1) is 17.0 Å². The second kappa shape index (κ2) is 5.80. The zero-order valence-electron chi connectivity index (χ0n) is 11.1. The number of anilines is 1. The highest BCUT2D eigenvalue weighted by Gasteiger charge is 2.21. The highest BCUT2D eigenvalue weighted by atomic mass is 32.2. The van der Waals surface area contributed by atoms with Crippen LogP contribution < -0.4 is 10.5 Å². The molecule has 0 amide bonds. The molecule has 0 aliphatic carbocycles. The van der Waals surface area contributed by atoms with Crippen LogP contribution in [0.1, 0.15) is 10.4 Å². The van der Waals surface area contributed by atoms with Gasteiger partial charge in [0.15, 0.2) is 0 Å². The molecule has 112 valence electrons. The average Bonchev–Trinajstić information content (AvgIpc) is 2.82. The minimum absolute atomic E-state index is 0.0315. The number of aryl methyl sites for hydroxylation is 1. The van der Waals surface area contributed by atoms with Crippen LogP contribution in [0.15, 0.2) is 34.5 Å². The molecule has 0 bridgehead atoms. The van der Waals surface area contributed by atoms with Crippen molar-refractivity contribution in [3.8, 4) is 0 Å². The van der Waals surface area contributed by atoms with Crippen LogP contribution in [0.5, 0.6) is 0 Å². The number of hydrogen-bond acceptors (Lipinski definition) is 6. The molecule has 7 nitrogen and oxygen atoms in total. The zero-order valence-corrected chi connectivity index (χ0v) is 12.7. The van der Waals surface area contributed by atoms with Gasteiger partial charge >= 0.3 is 0 Å². The van der Waals surface area contributed by atoms with Gasteiger partial charge in [-0.25, -0.2) is 13.1 Å². The lowest BCUT2D eigenvalue weighted by Crippen LogP contribution is -2.24. The van der Waals surface area contributed by atoms with Crippen molar-refractivity contribution in [1.29, 1.82) is 0 Å². The first-order valence-electron chi connectivity index (χ1n) is 5.88. The number of thiophene rings is 1. The molecule has 0 radical (unpaired) electrons. The molecule has 1 heterocycles. The third kappa shape index (κ3) is 3.38. The van der Waals surface area contributed by atoms with E-state index in [1.54, 1.807) is 0 Å². The van der Waals surface area contributed by atoms with Crippen LogP contribution in [0.2, 0.25) is 0 Å². The van der Waals surface area contributed by atoms with E-state index in [1.807, 2.05) is 18.4 Å². The molecule has 2 aromatic rings. The van der Waals surface area contributed by atoms with Crippen LogP contribution in [0.25, 0.3) is 0 Å². The fraction of sp³-hybridized carbons (Fsp3) is 0.167. The van der Waals surface area contributed by atoms with Crippen LogP contribution >= 0.6 is 11.3 Å². The molecular formula is C12H13N3O4S2. The summed E-state index contributed by atoms with van der Waals surface area (Å²) in [7, 11) is -3.91. The fourth-order valence-corrected chi connectivity index (χ4v) is 3.77. The van der Waals surface area contributed by atoms with Crippen LogP contribution in [-0.4, -0.2) is 13.3 Å². The minimum atomic E-state index is -3.91. The van der Waals surface area contributed by atoms with E-state index >= 15 is 0 Å². The summed E-state index contributed by atoms with van der Waals surface area (Å²) in [4.78, 5) is 10.7. The van der Waals surface area contributed by atoms with Crippen molar-refractivity contribution in [3.05, 3.63) is 50.2 Å². The minimum Gasteiger partial charge on any atom is -0.398 e. The number of nitrogen functional groups attached to an aromatic ring is 1. The van der Waals surface area contributed by atoms with E-state index in [0.717, 1.165) is 22.6 Å². The Bertz CT molecular complexity index is 784. The Morgan fingerprint density at radius 1 is 1.38 bits per heavy atom. The Kier molecular flexibility index (Phi) is 4.26. The molecule has 0 saturated heterocycles. The molecule has 0 unspecified atom stereocenters. The summed E-state index contributed by atoms with van der Waals surface area (Å²) in [5.41, 5.74) is 6.24. The summed E-state index contributed by atoms with van der Waals surface area (Å²) in [5, 5.41) is 12.6. The molecule has 3 N–H and O–H groups in total. The quantitative estimate of drug-likeness (QED) is 0.495. The predicted molar refractivity (Wildman–Crippen MR) is 80.6 cm³/mol. The van der Waals surface area contributed by atoms with Gasteiger partial charge in [-0.05, 0) is 30.0 Å². The molecule has 2 rings (SSSR count). The van der Waals surface area contributed by atoms with Gasteiger partial charge in [0, 0.05) is 23.6 Å². The third-order valence-electron chi connectivity index (χ3n) is 2.89. The maximum absolute atomic E-state index is 12.2. The molecule has 0 aliphatic rings. The standard InChI is InChI=1S/C12H13N3O4S2/c1-8-4-5-20-11(8)7-14-21(18,19)12-6-9(15(16)17)2-3-10(12)13/h2-6,14H,7,13H2,1H3. The lowest BCUT2D eigenvalue weighted by molar-refractivity contribution is -0.385. The lowest BCUT2D eigenvalue weighted by Gasteiger charge is -2.08. The number of nitro groups is 1. The number of rotatable bonds is 5. The van der Waals surface area contributed by atoms with Crippen molar-refractivity contribution < 1.29 is 13.3 Å². The molecule has 0 spiro atoms. The van der Waals surface area contributed by atoms with Crippen molar-refractivity contribution in [3.63, 3.8) is 0 Å². The van der Waals surface area contributed by atoms with Crippen LogP contribution in [0.4, 0.5) is 11.4 Å². The number of sulfonamides is 1. The Hall–Kier alpha value is -1.97. The molecule has 21 heavy (non-hydrogen) atoms. The maximum Gasteiger partial charge on any atom is 0.270 e. The molecular weight excluding hydrogens is 314 g/mol. The maximum atomic E-state index is 12.2. The Morgan fingerprint density at radius 2 is 2.10 bits per heavy atom. The second-order valence-electron chi connectivity index (χ2n) is 4.33. The van der Waals surface area contributed by atoms with Crippen molar-refractivity contribution in [1.82, 2.24) is 4.72 Å². The van der Waals surface area contributed by atoms with Gasteiger partial charge in [0.05, 0.1) is 10.6 Å². The first kappa shape index (κ1) is 15.4.